The Labute approximate surface area is 282 Å². The fourth-order valence-corrected chi connectivity index (χ4v) is 7.86. The lowest BCUT2D eigenvalue weighted by molar-refractivity contribution is -0.192. The van der Waals surface area contributed by atoms with Gasteiger partial charge in [-0.05, 0) is 45.7 Å². The van der Waals surface area contributed by atoms with E-state index in [1.807, 2.05) is 85.8 Å². The molecule has 3 aliphatic rings. The zero-order valence-corrected chi connectivity index (χ0v) is 27.1. The SMILES string of the molecule is CCS[C@@H]1O[C@H](COCc2ccccc2)[C@@H](O)[C@H](OC(=O)OCC2c3ccccc3-c3ccccc32)[C@H]1N1C(=O)c2ccccc2C1=O. The topological polar surface area (TPSA) is 112 Å². The molecule has 2 aliphatic heterocycles. The molecule has 2 heterocycles. The van der Waals surface area contributed by atoms with Crippen molar-refractivity contribution in [1.29, 1.82) is 0 Å². The predicted molar refractivity (Wildman–Crippen MR) is 180 cm³/mol. The first-order valence-corrected chi connectivity index (χ1v) is 17.1. The third kappa shape index (κ3) is 6.01. The van der Waals surface area contributed by atoms with Crippen LogP contribution >= 0.6 is 11.8 Å². The molecular formula is C38H35NO8S. The van der Waals surface area contributed by atoms with Crippen molar-refractivity contribution in [2.24, 2.45) is 0 Å². The van der Waals surface area contributed by atoms with Crippen LogP contribution in [0.2, 0.25) is 0 Å². The maximum atomic E-state index is 13.7. The van der Waals surface area contributed by atoms with Crippen LogP contribution in [0.15, 0.2) is 103 Å². The number of hydrogen-bond donors (Lipinski definition) is 1. The van der Waals surface area contributed by atoms with Crippen LogP contribution in [0.5, 0.6) is 0 Å². The lowest BCUT2D eigenvalue weighted by atomic mass is 9.96. The Hall–Kier alpha value is -4.48. The molecule has 1 saturated heterocycles. The van der Waals surface area contributed by atoms with Crippen molar-refractivity contribution in [2.75, 3.05) is 19.0 Å². The quantitative estimate of drug-likeness (QED) is 0.160. The zero-order chi connectivity index (χ0) is 33.2. The number of nitrogens with zero attached hydrogens (tertiary/aromatic N) is 1. The fraction of sp³-hybridized carbons (Fsp3) is 0.289. The molecule has 0 spiro atoms. The minimum absolute atomic E-state index is 0.000608. The monoisotopic (exact) mass is 665 g/mol. The van der Waals surface area contributed by atoms with Crippen LogP contribution in [0.1, 0.15) is 50.2 Å². The maximum absolute atomic E-state index is 13.7. The first-order chi connectivity index (χ1) is 23.5. The van der Waals surface area contributed by atoms with Gasteiger partial charge >= 0.3 is 6.16 Å². The first kappa shape index (κ1) is 32.1. The van der Waals surface area contributed by atoms with Crippen LogP contribution in [0.25, 0.3) is 11.1 Å². The van der Waals surface area contributed by atoms with Crippen molar-refractivity contribution >= 4 is 29.7 Å². The van der Waals surface area contributed by atoms with Gasteiger partial charge in [-0.1, -0.05) is 97.9 Å². The molecule has 0 unspecified atom stereocenters. The summed E-state index contributed by atoms with van der Waals surface area (Å²) >= 11 is 1.35. The van der Waals surface area contributed by atoms with Gasteiger partial charge in [0.15, 0.2) is 6.10 Å². The van der Waals surface area contributed by atoms with Gasteiger partial charge in [0.25, 0.3) is 11.8 Å². The van der Waals surface area contributed by atoms with Crippen molar-refractivity contribution in [3.63, 3.8) is 0 Å². The van der Waals surface area contributed by atoms with Gasteiger partial charge in [-0.2, -0.15) is 0 Å². The molecule has 1 N–H and O–H groups in total. The lowest BCUT2D eigenvalue weighted by Gasteiger charge is -2.46. The molecule has 9 nitrogen and oxygen atoms in total. The Kier molecular flexibility index (Phi) is 9.32. The molecular weight excluding hydrogens is 630 g/mol. The number of carbonyl (C=O) groups excluding carboxylic acids is 3. The Morgan fingerprint density at radius 3 is 1.96 bits per heavy atom. The Morgan fingerprint density at radius 2 is 1.35 bits per heavy atom. The number of rotatable bonds is 10. The molecule has 1 fully saturated rings. The van der Waals surface area contributed by atoms with Crippen molar-refractivity contribution in [2.45, 2.75) is 49.2 Å². The van der Waals surface area contributed by atoms with Gasteiger partial charge in [-0.3, -0.25) is 14.5 Å². The van der Waals surface area contributed by atoms with Gasteiger partial charge in [-0.15, -0.1) is 11.8 Å². The highest BCUT2D eigenvalue weighted by atomic mass is 32.2. The molecule has 246 valence electrons. The summed E-state index contributed by atoms with van der Waals surface area (Å²) in [6.07, 6.45) is -4.74. The Morgan fingerprint density at radius 1 is 0.792 bits per heavy atom. The number of imide groups is 1. The number of carbonyl (C=O) groups is 3. The van der Waals surface area contributed by atoms with E-state index >= 15 is 0 Å². The van der Waals surface area contributed by atoms with Gasteiger partial charge in [-0.25, -0.2) is 4.79 Å². The molecule has 0 bridgehead atoms. The molecule has 2 amide bonds. The van der Waals surface area contributed by atoms with Gasteiger partial charge in [0.2, 0.25) is 0 Å². The van der Waals surface area contributed by atoms with E-state index in [0.29, 0.717) is 5.75 Å². The Balaban J connectivity index is 1.14. The third-order valence-electron chi connectivity index (χ3n) is 9.05. The number of benzene rings is 4. The average molecular weight is 666 g/mol. The molecule has 4 aromatic rings. The second-order valence-corrected chi connectivity index (χ2v) is 13.3. The van der Waals surface area contributed by atoms with Gasteiger partial charge < -0.3 is 24.1 Å². The molecule has 5 atom stereocenters. The molecule has 0 aromatic heterocycles. The van der Waals surface area contributed by atoms with E-state index in [2.05, 4.69) is 0 Å². The van der Waals surface area contributed by atoms with E-state index in [-0.39, 0.29) is 36.9 Å². The number of aliphatic hydroxyl groups is 1. The summed E-state index contributed by atoms with van der Waals surface area (Å²) in [4.78, 5) is 42.0. The van der Waals surface area contributed by atoms with Gasteiger partial charge in [0, 0.05) is 5.92 Å². The van der Waals surface area contributed by atoms with Gasteiger partial charge in [0.05, 0.1) is 24.3 Å². The summed E-state index contributed by atoms with van der Waals surface area (Å²) in [6.45, 7) is 2.18. The molecule has 0 radical (unpaired) electrons. The highest BCUT2D eigenvalue weighted by molar-refractivity contribution is 7.99. The maximum Gasteiger partial charge on any atom is 0.508 e. The van der Waals surface area contributed by atoms with Gasteiger partial charge in [0.1, 0.15) is 30.3 Å². The van der Waals surface area contributed by atoms with E-state index in [1.165, 1.54) is 11.8 Å². The van der Waals surface area contributed by atoms with E-state index in [0.717, 1.165) is 32.7 Å². The van der Waals surface area contributed by atoms with Crippen LogP contribution in [-0.2, 0) is 25.6 Å². The van der Waals surface area contributed by atoms with E-state index in [4.69, 9.17) is 18.9 Å². The summed E-state index contributed by atoms with van der Waals surface area (Å²) in [5.74, 6) is -0.731. The van der Waals surface area contributed by atoms with E-state index in [9.17, 15) is 19.5 Å². The number of fused-ring (bicyclic) bond motifs is 4. The third-order valence-corrected chi connectivity index (χ3v) is 10.1. The molecule has 1 aliphatic carbocycles. The van der Waals surface area contributed by atoms with Crippen molar-refractivity contribution in [1.82, 2.24) is 4.90 Å². The molecule has 4 aromatic carbocycles. The van der Waals surface area contributed by atoms with Crippen molar-refractivity contribution in [3.8, 4) is 11.1 Å². The second-order valence-electron chi connectivity index (χ2n) is 11.9. The lowest BCUT2D eigenvalue weighted by Crippen LogP contribution is -2.65. The number of hydrogen-bond acceptors (Lipinski definition) is 9. The van der Waals surface area contributed by atoms with Crippen LogP contribution in [0.3, 0.4) is 0 Å². The van der Waals surface area contributed by atoms with Crippen LogP contribution in [-0.4, -0.2) is 76.7 Å². The molecule has 0 saturated carbocycles. The summed E-state index contributed by atoms with van der Waals surface area (Å²) in [5, 5.41) is 11.7. The standard InChI is InChI=1S/C38H35NO8S/c1-2-48-37-32(39-35(41)28-18-10-11-19-29(28)36(39)42)34(33(40)31(46-37)22-44-20-23-12-4-3-5-13-23)47-38(43)45-21-30-26-16-8-6-14-24(26)25-15-7-9-17-27(25)30/h3-19,30-34,37,40H,2,20-22H2,1H3/t31-,32-,33-,34-,37+/m1/s1. The van der Waals surface area contributed by atoms with Crippen molar-refractivity contribution in [3.05, 3.63) is 131 Å². The molecule has 7 rings (SSSR count). The van der Waals surface area contributed by atoms with Crippen LogP contribution in [0, 0.1) is 0 Å². The zero-order valence-electron chi connectivity index (χ0n) is 26.3. The summed E-state index contributed by atoms with van der Waals surface area (Å²) in [7, 11) is 0. The number of ether oxygens (including phenoxy) is 4. The number of aliphatic hydroxyl groups excluding tert-OH is 1. The summed E-state index contributed by atoms with van der Waals surface area (Å²) in [5.41, 5.74) is 4.84. The number of amides is 2. The van der Waals surface area contributed by atoms with Crippen LogP contribution < -0.4 is 0 Å². The van der Waals surface area contributed by atoms with Crippen molar-refractivity contribution < 1.29 is 38.4 Å². The molecule has 48 heavy (non-hydrogen) atoms. The smallest absolute Gasteiger partial charge is 0.433 e. The summed E-state index contributed by atoms with van der Waals surface area (Å²) < 4.78 is 23.9. The minimum Gasteiger partial charge on any atom is -0.433 e. The highest BCUT2D eigenvalue weighted by Crippen LogP contribution is 2.45. The average Bonchev–Trinajstić information content (AvgIpc) is 3.57. The number of thioether (sulfide) groups is 1. The highest BCUT2D eigenvalue weighted by Gasteiger charge is 2.55. The summed E-state index contributed by atoms with van der Waals surface area (Å²) in [6, 6.07) is 30.9. The normalized spacial score (nSPS) is 23.0. The van der Waals surface area contributed by atoms with E-state index < -0.39 is 47.8 Å². The fourth-order valence-electron chi connectivity index (χ4n) is 6.83. The predicted octanol–water partition coefficient (Wildman–Crippen LogP) is 6.04. The minimum atomic E-state index is -1.44. The Bertz CT molecular complexity index is 1730. The largest absolute Gasteiger partial charge is 0.508 e. The first-order valence-electron chi connectivity index (χ1n) is 16.0. The van der Waals surface area contributed by atoms with E-state index in [1.54, 1.807) is 24.3 Å². The van der Waals surface area contributed by atoms with Crippen LogP contribution in [0.4, 0.5) is 4.79 Å². The second kappa shape index (κ2) is 13.9. The molecule has 10 heteroatoms.